The van der Waals surface area contributed by atoms with Crippen molar-refractivity contribution in [2.75, 3.05) is 65.5 Å². The molecule has 0 rings (SSSR count). The second-order valence-corrected chi connectivity index (χ2v) is 6.15. The summed E-state index contributed by atoms with van der Waals surface area (Å²) in [5.41, 5.74) is 5.08. The molecule has 0 bridgehead atoms. The smallest absolute Gasteiger partial charge is 0.320 e. The van der Waals surface area contributed by atoms with Crippen LogP contribution in [0, 0.1) is 0 Å². The molecule has 0 aliphatic rings. The molecule has 1 amide bonds. The molecular weight excluding hydrogens is 392 g/mol. The Labute approximate surface area is 167 Å². The van der Waals surface area contributed by atoms with Crippen LogP contribution >= 0.6 is 0 Å². The molecule has 0 spiro atoms. The molecule has 0 aromatic carbocycles. The zero-order valence-electron chi connectivity index (χ0n) is 16.3. The maximum atomic E-state index is 11.6. The first-order valence-electron chi connectivity index (χ1n) is 8.79. The largest absolute Gasteiger partial charge is 0.480 e. The van der Waals surface area contributed by atoms with Crippen LogP contribution in [0.5, 0.6) is 0 Å². The number of rotatable bonds is 17. The Morgan fingerprint density at radius 1 is 0.690 bits per heavy atom. The number of amides is 1. The number of carbonyl (C=O) groups excluding carboxylic acids is 2. The fourth-order valence-corrected chi connectivity index (χ4v) is 2.45. The Bertz CT molecular complexity index is 569. The molecule has 13 nitrogen and oxygen atoms in total. The Hall–Kier alpha value is -2.77. The molecule has 0 atom stereocenters. The molecule has 0 heterocycles. The standard InChI is InChI=1S/C16H28N4O9/c1-2-29-16(28)11-20(10-15(26)27)6-4-18(8-13(22)23)3-5-19(7-12(17)21)9-14(24)25/h2-11H2,1H3,(H2,17,21)(H,22,23)(H,24,25)(H,26,27). The van der Waals surface area contributed by atoms with Gasteiger partial charge in [-0.25, -0.2) is 0 Å². The first kappa shape index (κ1) is 26.2. The maximum absolute atomic E-state index is 11.6. The van der Waals surface area contributed by atoms with Crippen molar-refractivity contribution in [2.45, 2.75) is 6.92 Å². The number of hydrogen-bond donors (Lipinski definition) is 4. The lowest BCUT2D eigenvalue weighted by atomic mass is 10.3. The van der Waals surface area contributed by atoms with E-state index in [4.69, 9.17) is 25.8 Å². The molecule has 0 aromatic heterocycles. The van der Waals surface area contributed by atoms with E-state index in [0.29, 0.717) is 0 Å². The first-order chi connectivity index (χ1) is 13.5. The van der Waals surface area contributed by atoms with Gasteiger partial charge in [-0.05, 0) is 6.92 Å². The number of carboxylic acid groups (broad SMARTS) is 3. The summed E-state index contributed by atoms with van der Waals surface area (Å²) >= 11 is 0. The van der Waals surface area contributed by atoms with Crippen LogP contribution in [-0.2, 0) is 28.7 Å². The quantitative estimate of drug-likeness (QED) is 0.177. The van der Waals surface area contributed by atoms with Gasteiger partial charge in [0, 0.05) is 26.2 Å². The number of nitrogens with two attached hydrogens (primary N) is 1. The van der Waals surface area contributed by atoms with E-state index in [1.54, 1.807) is 6.92 Å². The topological polar surface area (TPSA) is 191 Å². The summed E-state index contributed by atoms with van der Waals surface area (Å²) in [6.45, 7) is 0.209. The molecule has 0 aliphatic carbocycles. The van der Waals surface area contributed by atoms with Gasteiger partial charge in [-0.2, -0.15) is 0 Å². The van der Waals surface area contributed by atoms with E-state index in [0.717, 1.165) is 0 Å². The number of carboxylic acids is 3. The van der Waals surface area contributed by atoms with Crippen LogP contribution in [0.25, 0.3) is 0 Å². The van der Waals surface area contributed by atoms with Gasteiger partial charge in [0.2, 0.25) is 5.91 Å². The van der Waals surface area contributed by atoms with Gasteiger partial charge >= 0.3 is 23.9 Å². The molecule has 0 aliphatic heterocycles. The first-order valence-corrected chi connectivity index (χ1v) is 8.79. The van der Waals surface area contributed by atoms with E-state index < -0.39 is 49.4 Å². The summed E-state index contributed by atoms with van der Waals surface area (Å²) in [6, 6.07) is 0. The maximum Gasteiger partial charge on any atom is 0.320 e. The summed E-state index contributed by atoms with van der Waals surface area (Å²) in [5, 5.41) is 26.9. The van der Waals surface area contributed by atoms with Crippen LogP contribution in [0.4, 0.5) is 0 Å². The van der Waals surface area contributed by atoms with Crippen molar-refractivity contribution in [1.29, 1.82) is 0 Å². The second-order valence-electron chi connectivity index (χ2n) is 6.15. The van der Waals surface area contributed by atoms with Crippen LogP contribution in [-0.4, -0.2) is 125 Å². The van der Waals surface area contributed by atoms with Crippen LogP contribution in [0.1, 0.15) is 6.92 Å². The van der Waals surface area contributed by atoms with Crippen molar-refractivity contribution in [3.05, 3.63) is 0 Å². The monoisotopic (exact) mass is 420 g/mol. The molecule has 166 valence electrons. The summed E-state index contributed by atoms with van der Waals surface area (Å²) in [6.07, 6.45) is 0. The lowest BCUT2D eigenvalue weighted by molar-refractivity contribution is -0.146. The average molecular weight is 420 g/mol. The van der Waals surface area contributed by atoms with Crippen molar-refractivity contribution in [3.63, 3.8) is 0 Å². The van der Waals surface area contributed by atoms with Crippen molar-refractivity contribution in [1.82, 2.24) is 14.7 Å². The minimum Gasteiger partial charge on any atom is -0.480 e. The average Bonchev–Trinajstić information content (AvgIpc) is 2.55. The Kier molecular flexibility index (Phi) is 12.9. The molecule has 5 N–H and O–H groups in total. The normalized spacial score (nSPS) is 11.0. The highest BCUT2D eigenvalue weighted by Crippen LogP contribution is 1.97. The van der Waals surface area contributed by atoms with Gasteiger partial charge in [-0.1, -0.05) is 0 Å². The third-order valence-electron chi connectivity index (χ3n) is 3.58. The number of esters is 1. The SMILES string of the molecule is CCOC(=O)CN(CCN(CCN(CC(N)=O)CC(=O)O)CC(=O)O)CC(=O)O. The highest BCUT2D eigenvalue weighted by molar-refractivity contribution is 5.77. The van der Waals surface area contributed by atoms with Crippen molar-refractivity contribution in [2.24, 2.45) is 5.73 Å². The van der Waals surface area contributed by atoms with E-state index in [1.165, 1.54) is 14.7 Å². The molecule has 0 saturated carbocycles. The summed E-state index contributed by atoms with van der Waals surface area (Å²) in [5.74, 6) is -4.79. The molecule has 13 heteroatoms. The van der Waals surface area contributed by atoms with Gasteiger partial charge in [0.05, 0.1) is 39.3 Å². The lowest BCUT2D eigenvalue weighted by Crippen LogP contribution is -2.46. The second kappa shape index (κ2) is 14.3. The third kappa shape index (κ3) is 14.9. The minimum atomic E-state index is -1.17. The number of ether oxygens (including phenoxy) is 1. The fourth-order valence-electron chi connectivity index (χ4n) is 2.45. The van der Waals surface area contributed by atoms with E-state index in [-0.39, 0.29) is 45.9 Å². The van der Waals surface area contributed by atoms with Crippen molar-refractivity contribution < 1.29 is 44.0 Å². The molecule has 0 saturated heterocycles. The summed E-state index contributed by atoms with van der Waals surface area (Å²) in [4.78, 5) is 59.6. The van der Waals surface area contributed by atoms with Gasteiger partial charge in [0.1, 0.15) is 0 Å². The molecule has 29 heavy (non-hydrogen) atoms. The lowest BCUT2D eigenvalue weighted by Gasteiger charge is -2.27. The van der Waals surface area contributed by atoms with Crippen molar-refractivity contribution >= 4 is 29.8 Å². The van der Waals surface area contributed by atoms with Crippen LogP contribution in [0.3, 0.4) is 0 Å². The van der Waals surface area contributed by atoms with Gasteiger partial charge in [0.15, 0.2) is 0 Å². The highest BCUT2D eigenvalue weighted by atomic mass is 16.5. The predicted molar refractivity (Wildman–Crippen MR) is 98.1 cm³/mol. The summed E-state index contributed by atoms with van der Waals surface area (Å²) in [7, 11) is 0. The van der Waals surface area contributed by atoms with Crippen LogP contribution < -0.4 is 5.73 Å². The van der Waals surface area contributed by atoms with Gasteiger partial charge in [0.25, 0.3) is 0 Å². The number of primary amides is 1. The van der Waals surface area contributed by atoms with Crippen LogP contribution in [0.2, 0.25) is 0 Å². The van der Waals surface area contributed by atoms with Crippen LogP contribution in [0.15, 0.2) is 0 Å². The van der Waals surface area contributed by atoms with Gasteiger partial charge < -0.3 is 25.8 Å². The molecule has 0 aromatic rings. The minimum absolute atomic E-state index is 0.0549. The third-order valence-corrected chi connectivity index (χ3v) is 3.58. The van der Waals surface area contributed by atoms with Gasteiger partial charge in [-0.3, -0.25) is 38.7 Å². The fraction of sp³-hybridized carbons (Fsp3) is 0.688. The van der Waals surface area contributed by atoms with E-state index in [9.17, 15) is 24.0 Å². The Morgan fingerprint density at radius 3 is 1.45 bits per heavy atom. The number of carbonyl (C=O) groups is 5. The molecule has 0 radical (unpaired) electrons. The van der Waals surface area contributed by atoms with E-state index in [1.807, 2.05) is 0 Å². The molecule has 0 unspecified atom stereocenters. The van der Waals surface area contributed by atoms with Crippen molar-refractivity contribution in [3.8, 4) is 0 Å². The van der Waals surface area contributed by atoms with E-state index >= 15 is 0 Å². The zero-order chi connectivity index (χ0) is 22.4. The number of hydrogen-bond acceptors (Lipinski definition) is 9. The molecule has 0 fully saturated rings. The van der Waals surface area contributed by atoms with Gasteiger partial charge in [-0.15, -0.1) is 0 Å². The Morgan fingerprint density at radius 2 is 1.07 bits per heavy atom. The Balaban J connectivity index is 4.93. The number of aliphatic carboxylic acids is 3. The summed E-state index contributed by atoms with van der Waals surface area (Å²) < 4.78 is 4.79. The predicted octanol–water partition coefficient (Wildman–Crippen LogP) is -2.81. The zero-order valence-corrected chi connectivity index (χ0v) is 16.3. The number of nitrogens with zero attached hydrogens (tertiary/aromatic N) is 3. The molecular formula is C16H28N4O9. The van der Waals surface area contributed by atoms with E-state index in [2.05, 4.69) is 0 Å². The highest BCUT2D eigenvalue weighted by Gasteiger charge is 2.19.